The fourth-order valence-corrected chi connectivity index (χ4v) is 3.40. The Morgan fingerprint density at radius 1 is 1.57 bits per heavy atom. The highest BCUT2D eigenvalue weighted by Crippen LogP contribution is 2.21. The van der Waals surface area contributed by atoms with Crippen molar-refractivity contribution in [1.29, 1.82) is 0 Å². The number of hydrogen-bond acceptors (Lipinski definition) is 5. The molecule has 23 heavy (non-hydrogen) atoms. The average molecular weight is 335 g/mol. The van der Waals surface area contributed by atoms with Crippen LogP contribution in [0.5, 0.6) is 0 Å². The van der Waals surface area contributed by atoms with E-state index >= 15 is 0 Å². The summed E-state index contributed by atoms with van der Waals surface area (Å²) < 4.78 is 12.5. The van der Waals surface area contributed by atoms with Crippen LogP contribution in [0.4, 0.5) is 0 Å². The second-order valence-electron chi connectivity index (χ2n) is 5.38. The Morgan fingerprint density at radius 3 is 3.26 bits per heavy atom. The van der Waals surface area contributed by atoms with Gasteiger partial charge in [0.15, 0.2) is 5.69 Å². The first-order valence-corrected chi connectivity index (χ1v) is 8.63. The van der Waals surface area contributed by atoms with Crippen molar-refractivity contribution in [3.05, 3.63) is 39.3 Å². The number of carbonyl (C=O) groups excluding carboxylic acids is 1. The Hall–Kier alpha value is -1.70. The molecule has 0 saturated carbocycles. The number of fused-ring (bicyclic) bond motifs is 1. The summed E-state index contributed by atoms with van der Waals surface area (Å²) in [7, 11) is 1.66. The molecule has 0 saturated heterocycles. The topological polar surface area (TPSA) is 65.4 Å². The Bertz CT molecular complexity index is 652. The second-order valence-corrected chi connectivity index (χ2v) is 6.41. The number of hydrogen-bond donors (Lipinski definition) is 1. The zero-order valence-corrected chi connectivity index (χ0v) is 14.0. The molecule has 2 aromatic rings. The molecule has 0 aromatic carbocycles. The van der Waals surface area contributed by atoms with E-state index < -0.39 is 0 Å². The summed E-state index contributed by atoms with van der Waals surface area (Å²) in [5.41, 5.74) is 2.50. The molecule has 7 heteroatoms. The summed E-state index contributed by atoms with van der Waals surface area (Å²) in [4.78, 5) is 13.7. The van der Waals surface area contributed by atoms with E-state index in [1.54, 1.807) is 18.4 Å². The molecule has 0 unspecified atom stereocenters. The van der Waals surface area contributed by atoms with Crippen molar-refractivity contribution in [1.82, 2.24) is 15.1 Å². The molecule has 2 aromatic heterocycles. The summed E-state index contributed by atoms with van der Waals surface area (Å²) in [5.74, 6) is -0.125. The van der Waals surface area contributed by atoms with Crippen LogP contribution in [0.15, 0.2) is 17.5 Å². The van der Waals surface area contributed by atoms with Gasteiger partial charge in [-0.15, -0.1) is 11.3 Å². The van der Waals surface area contributed by atoms with Gasteiger partial charge in [0.25, 0.3) is 5.91 Å². The van der Waals surface area contributed by atoms with Crippen molar-refractivity contribution < 1.29 is 14.3 Å². The first-order valence-electron chi connectivity index (χ1n) is 7.75. The van der Waals surface area contributed by atoms with E-state index in [-0.39, 0.29) is 5.91 Å². The van der Waals surface area contributed by atoms with Gasteiger partial charge in [-0.1, -0.05) is 6.07 Å². The fraction of sp³-hybridized carbons (Fsp3) is 0.500. The van der Waals surface area contributed by atoms with Crippen molar-refractivity contribution in [3.8, 4) is 0 Å². The summed E-state index contributed by atoms with van der Waals surface area (Å²) in [6, 6.07) is 4.10. The summed E-state index contributed by atoms with van der Waals surface area (Å²) in [6.45, 7) is 2.97. The molecule has 0 atom stereocenters. The Kier molecular flexibility index (Phi) is 5.43. The van der Waals surface area contributed by atoms with Crippen molar-refractivity contribution in [2.75, 3.05) is 26.9 Å². The first-order chi connectivity index (χ1) is 11.3. The van der Waals surface area contributed by atoms with Crippen LogP contribution in [0.1, 0.15) is 26.6 Å². The Labute approximate surface area is 139 Å². The van der Waals surface area contributed by atoms with E-state index in [1.807, 2.05) is 16.1 Å². The number of methoxy groups -OCH3 is 1. The van der Waals surface area contributed by atoms with Gasteiger partial charge in [-0.2, -0.15) is 5.10 Å². The molecule has 0 bridgehead atoms. The molecule has 0 spiro atoms. The quantitative estimate of drug-likeness (QED) is 0.835. The van der Waals surface area contributed by atoms with Crippen LogP contribution in [-0.2, 0) is 35.5 Å². The van der Waals surface area contributed by atoms with E-state index in [4.69, 9.17) is 9.47 Å². The zero-order chi connectivity index (χ0) is 16.1. The predicted molar refractivity (Wildman–Crippen MR) is 87.8 cm³/mol. The van der Waals surface area contributed by atoms with Gasteiger partial charge < -0.3 is 14.8 Å². The summed E-state index contributed by atoms with van der Waals surface area (Å²) in [6.07, 6.45) is 1.63. The maximum absolute atomic E-state index is 12.5. The lowest BCUT2D eigenvalue weighted by Gasteiger charge is -2.14. The van der Waals surface area contributed by atoms with Crippen molar-refractivity contribution in [2.24, 2.45) is 0 Å². The summed E-state index contributed by atoms with van der Waals surface area (Å²) >= 11 is 1.70. The van der Waals surface area contributed by atoms with Gasteiger partial charge in [-0.05, 0) is 17.9 Å². The third-order valence-electron chi connectivity index (χ3n) is 3.86. The minimum atomic E-state index is -0.125. The van der Waals surface area contributed by atoms with E-state index in [0.29, 0.717) is 38.6 Å². The smallest absolute Gasteiger partial charge is 0.272 e. The Balaban J connectivity index is 1.68. The van der Waals surface area contributed by atoms with Crippen molar-refractivity contribution >= 4 is 17.2 Å². The minimum Gasteiger partial charge on any atom is -0.383 e. The van der Waals surface area contributed by atoms with Gasteiger partial charge in [0.2, 0.25) is 0 Å². The maximum atomic E-state index is 12.5. The van der Waals surface area contributed by atoms with Crippen LogP contribution < -0.4 is 5.32 Å². The van der Waals surface area contributed by atoms with Gasteiger partial charge in [-0.3, -0.25) is 9.48 Å². The van der Waals surface area contributed by atoms with Gasteiger partial charge in [0.1, 0.15) is 0 Å². The largest absolute Gasteiger partial charge is 0.383 e. The molecular formula is C16H21N3O3S. The molecule has 6 nitrogen and oxygen atoms in total. The Morgan fingerprint density at radius 2 is 2.48 bits per heavy atom. The molecule has 0 aliphatic carbocycles. The average Bonchev–Trinajstić information content (AvgIpc) is 3.20. The van der Waals surface area contributed by atoms with Crippen molar-refractivity contribution in [2.45, 2.75) is 26.0 Å². The fourth-order valence-electron chi connectivity index (χ4n) is 2.69. The molecular weight excluding hydrogens is 314 g/mol. The molecule has 3 heterocycles. The number of thiophene rings is 1. The molecule has 124 valence electrons. The highest BCUT2D eigenvalue weighted by atomic mass is 32.1. The molecule has 1 aliphatic heterocycles. The number of nitrogens with zero attached hydrogens (tertiary/aromatic N) is 2. The van der Waals surface area contributed by atoms with Crippen LogP contribution in [0, 0.1) is 0 Å². The molecule has 1 aliphatic rings. The second kappa shape index (κ2) is 7.72. The third-order valence-corrected chi connectivity index (χ3v) is 4.79. The normalized spacial score (nSPS) is 13.8. The van der Waals surface area contributed by atoms with Gasteiger partial charge in [0.05, 0.1) is 26.4 Å². The highest BCUT2D eigenvalue weighted by Gasteiger charge is 2.25. The lowest BCUT2D eigenvalue weighted by molar-refractivity contribution is 0.0925. The molecule has 1 N–H and O–H groups in total. The van der Waals surface area contributed by atoms with E-state index in [2.05, 4.69) is 16.5 Å². The molecule has 0 fully saturated rings. The minimum absolute atomic E-state index is 0.125. The van der Waals surface area contributed by atoms with Crippen LogP contribution in [-0.4, -0.2) is 42.6 Å². The number of ether oxygens (including phenoxy) is 2. The van der Waals surface area contributed by atoms with Crippen LogP contribution in [0.3, 0.4) is 0 Å². The van der Waals surface area contributed by atoms with E-state index in [9.17, 15) is 4.79 Å². The van der Waals surface area contributed by atoms with Crippen LogP contribution in [0.2, 0.25) is 0 Å². The lowest BCUT2D eigenvalue weighted by atomic mass is 10.1. The van der Waals surface area contributed by atoms with Gasteiger partial charge >= 0.3 is 0 Å². The molecule has 3 rings (SSSR count). The SMILES string of the molecule is COCCn1nc(C(=O)NCCc2cccs2)c2c1CCOC2. The number of carbonyl (C=O) groups is 1. The predicted octanol–water partition coefficient (Wildman–Crippen LogP) is 1.64. The number of amides is 1. The summed E-state index contributed by atoms with van der Waals surface area (Å²) in [5, 5.41) is 9.50. The maximum Gasteiger partial charge on any atom is 0.272 e. The van der Waals surface area contributed by atoms with E-state index in [0.717, 1.165) is 24.1 Å². The van der Waals surface area contributed by atoms with Gasteiger partial charge in [0, 0.05) is 36.2 Å². The lowest BCUT2D eigenvalue weighted by Crippen LogP contribution is -2.27. The number of aromatic nitrogens is 2. The third kappa shape index (κ3) is 3.80. The van der Waals surface area contributed by atoms with Gasteiger partial charge in [-0.25, -0.2) is 0 Å². The van der Waals surface area contributed by atoms with E-state index in [1.165, 1.54) is 4.88 Å². The monoisotopic (exact) mass is 335 g/mol. The standard InChI is InChI=1S/C16H21N3O3S/c1-21-9-7-19-14-5-8-22-11-13(14)15(18-19)16(20)17-6-4-12-3-2-10-23-12/h2-3,10H,4-9,11H2,1H3,(H,17,20). The molecule has 0 radical (unpaired) electrons. The zero-order valence-electron chi connectivity index (χ0n) is 13.2. The number of rotatable bonds is 7. The first kappa shape index (κ1) is 16.2. The van der Waals surface area contributed by atoms with Crippen LogP contribution >= 0.6 is 11.3 Å². The van der Waals surface area contributed by atoms with Crippen molar-refractivity contribution in [3.63, 3.8) is 0 Å². The molecule has 1 amide bonds. The van der Waals surface area contributed by atoms with Crippen LogP contribution in [0.25, 0.3) is 0 Å². The highest BCUT2D eigenvalue weighted by molar-refractivity contribution is 7.09. The number of nitrogens with one attached hydrogen (secondary N) is 1.